The van der Waals surface area contributed by atoms with Gasteiger partial charge in [0.25, 0.3) is 0 Å². The molecule has 4 heteroatoms. The summed E-state index contributed by atoms with van der Waals surface area (Å²) in [5, 5.41) is 8.98. The predicted molar refractivity (Wildman–Crippen MR) is 66.0 cm³/mol. The molecule has 0 aliphatic heterocycles. The van der Waals surface area contributed by atoms with Crippen LogP contribution in [0.4, 0.5) is 0 Å². The Morgan fingerprint density at radius 3 is 2.78 bits per heavy atom. The first-order chi connectivity index (χ1) is 8.40. The number of carbonyl (C=O) groups is 2. The van der Waals surface area contributed by atoms with Crippen molar-refractivity contribution in [2.24, 2.45) is 5.41 Å². The Hall–Kier alpha value is -1.84. The second kappa shape index (κ2) is 4.44. The van der Waals surface area contributed by atoms with E-state index in [1.807, 2.05) is 6.07 Å². The number of carboxylic acids is 1. The number of carbonyl (C=O) groups excluding carboxylic acids is 1. The van der Waals surface area contributed by atoms with Gasteiger partial charge in [-0.05, 0) is 44.0 Å². The molecule has 4 nitrogen and oxygen atoms in total. The number of fused-ring (bicyclic) bond motifs is 1. The molecule has 0 bridgehead atoms. The number of rotatable bonds is 4. The van der Waals surface area contributed by atoms with E-state index in [0.717, 1.165) is 17.5 Å². The Labute approximate surface area is 106 Å². The van der Waals surface area contributed by atoms with Gasteiger partial charge < -0.3 is 9.84 Å². The van der Waals surface area contributed by atoms with Gasteiger partial charge in [-0.2, -0.15) is 0 Å². The summed E-state index contributed by atoms with van der Waals surface area (Å²) in [6.07, 6.45) is 1.30. The second-order valence-electron chi connectivity index (χ2n) is 5.22. The zero-order valence-corrected chi connectivity index (χ0v) is 10.5. The normalized spacial score (nSPS) is 14.4. The minimum absolute atomic E-state index is 0.106. The number of aryl methyl sites for hydroxylation is 1. The molecule has 0 unspecified atom stereocenters. The minimum atomic E-state index is -0.922. The number of ketones is 1. The predicted octanol–water partition coefficient (Wildman–Crippen LogP) is 2.31. The quantitative estimate of drug-likeness (QED) is 0.888. The van der Waals surface area contributed by atoms with Gasteiger partial charge in [0.15, 0.2) is 5.78 Å². The van der Waals surface area contributed by atoms with Crippen molar-refractivity contribution in [3.05, 3.63) is 29.3 Å². The number of benzene rings is 1. The van der Waals surface area contributed by atoms with E-state index < -0.39 is 11.4 Å². The van der Waals surface area contributed by atoms with E-state index in [4.69, 9.17) is 9.84 Å². The molecule has 0 spiro atoms. The maximum absolute atomic E-state index is 11.5. The Morgan fingerprint density at radius 2 is 2.11 bits per heavy atom. The summed E-state index contributed by atoms with van der Waals surface area (Å²) in [4.78, 5) is 22.4. The first kappa shape index (κ1) is 12.6. The fourth-order valence-corrected chi connectivity index (χ4v) is 1.85. The van der Waals surface area contributed by atoms with E-state index in [0.29, 0.717) is 12.2 Å². The molecule has 96 valence electrons. The van der Waals surface area contributed by atoms with Crippen molar-refractivity contribution in [3.63, 3.8) is 0 Å². The molecule has 0 fully saturated rings. The van der Waals surface area contributed by atoms with Gasteiger partial charge in [-0.3, -0.25) is 9.59 Å². The van der Waals surface area contributed by atoms with Crippen LogP contribution in [0.15, 0.2) is 18.2 Å². The maximum atomic E-state index is 11.5. The minimum Gasteiger partial charge on any atom is -0.492 e. The zero-order valence-electron chi connectivity index (χ0n) is 10.5. The van der Waals surface area contributed by atoms with Gasteiger partial charge in [-0.25, -0.2) is 0 Å². The van der Waals surface area contributed by atoms with Crippen LogP contribution in [0.5, 0.6) is 5.75 Å². The molecular weight excluding hydrogens is 232 g/mol. The summed E-state index contributed by atoms with van der Waals surface area (Å²) in [5.74, 6) is -0.0981. The van der Waals surface area contributed by atoms with Crippen LogP contribution in [-0.2, 0) is 11.2 Å². The lowest BCUT2D eigenvalue weighted by Crippen LogP contribution is -2.30. The van der Waals surface area contributed by atoms with Crippen molar-refractivity contribution < 1.29 is 19.4 Å². The molecule has 1 aliphatic rings. The molecule has 0 amide bonds. The van der Waals surface area contributed by atoms with Gasteiger partial charge in [-0.15, -0.1) is 0 Å². The Morgan fingerprint density at radius 1 is 1.39 bits per heavy atom. The molecule has 1 N–H and O–H groups in total. The standard InChI is InChI=1S/C14H16O4/c1-14(2,13(16)17)8-18-10-4-5-11-9(7-10)3-6-12(11)15/h4-5,7H,3,6,8H2,1-2H3,(H,16,17). The van der Waals surface area contributed by atoms with E-state index >= 15 is 0 Å². The number of hydrogen-bond donors (Lipinski definition) is 1. The van der Waals surface area contributed by atoms with Crippen LogP contribution in [0, 0.1) is 5.41 Å². The van der Waals surface area contributed by atoms with E-state index in [1.165, 1.54) is 0 Å². The number of hydrogen-bond acceptors (Lipinski definition) is 3. The number of Topliss-reactive ketones (excluding diaryl/α,β-unsaturated/α-hetero) is 1. The Kier molecular flexibility index (Phi) is 3.11. The fraction of sp³-hybridized carbons (Fsp3) is 0.429. The summed E-state index contributed by atoms with van der Waals surface area (Å²) in [6, 6.07) is 5.31. The Bertz CT molecular complexity index is 503. The lowest BCUT2D eigenvalue weighted by molar-refractivity contribution is -0.148. The fourth-order valence-electron chi connectivity index (χ4n) is 1.85. The van der Waals surface area contributed by atoms with Gasteiger partial charge in [0.05, 0.1) is 5.41 Å². The highest BCUT2D eigenvalue weighted by Crippen LogP contribution is 2.27. The molecule has 0 aromatic heterocycles. The summed E-state index contributed by atoms with van der Waals surface area (Å²) in [5.41, 5.74) is 0.833. The van der Waals surface area contributed by atoms with Crippen molar-refractivity contribution in [3.8, 4) is 5.75 Å². The third kappa shape index (κ3) is 2.37. The second-order valence-corrected chi connectivity index (χ2v) is 5.22. The highest BCUT2D eigenvalue weighted by atomic mass is 16.5. The van der Waals surface area contributed by atoms with Gasteiger partial charge >= 0.3 is 5.97 Å². The van der Waals surface area contributed by atoms with Crippen molar-refractivity contribution in [2.75, 3.05) is 6.61 Å². The van der Waals surface area contributed by atoms with Crippen LogP contribution < -0.4 is 4.74 Å². The Balaban J connectivity index is 2.08. The topological polar surface area (TPSA) is 63.6 Å². The summed E-state index contributed by atoms with van der Waals surface area (Å²) in [7, 11) is 0. The van der Waals surface area contributed by atoms with Gasteiger partial charge in [0.1, 0.15) is 12.4 Å². The highest BCUT2D eigenvalue weighted by Gasteiger charge is 2.28. The van der Waals surface area contributed by atoms with Crippen LogP contribution in [0.1, 0.15) is 36.2 Å². The van der Waals surface area contributed by atoms with Gasteiger partial charge in [0.2, 0.25) is 0 Å². The summed E-state index contributed by atoms with van der Waals surface area (Å²) in [6.45, 7) is 3.34. The van der Waals surface area contributed by atoms with E-state index in [2.05, 4.69) is 0 Å². The molecule has 1 aliphatic carbocycles. The van der Waals surface area contributed by atoms with Crippen LogP contribution in [0.2, 0.25) is 0 Å². The molecule has 18 heavy (non-hydrogen) atoms. The van der Waals surface area contributed by atoms with E-state index in [1.54, 1.807) is 26.0 Å². The van der Waals surface area contributed by atoms with Crippen molar-refractivity contribution in [1.82, 2.24) is 0 Å². The molecule has 0 saturated heterocycles. The maximum Gasteiger partial charge on any atom is 0.312 e. The molecule has 0 saturated carbocycles. The first-order valence-corrected chi connectivity index (χ1v) is 5.92. The molecule has 0 radical (unpaired) electrons. The third-order valence-corrected chi connectivity index (χ3v) is 3.18. The van der Waals surface area contributed by atoms with Crippen molar-refractivity contribution in [1.29, 1.82) is 0 Å². The molecule has 2 rings (SSSR count). The number of carboxylic acid groups (broad SMARTS) is 1. The summed E-state index contributed by atoms with van der Waals surface area (Å²) >= 11 is 0. The lowest BCUT2D eigenvalue weighted by Gasteiger charge is -2.19. The van der Waals surface area contributed by atoms with Crippen LogP contribution in [0.25, 0.3) is 0 Å². The average molecular weight is 248 g/mol. The lowest BCUT2D eigenvalue weighted by atomic mass is 9.95. The zero-order chi connectivity index (χ0) is 13.3. The molecular formula is C14H16O4. The SMILES string of the molecule is CC(C)(COc1ccc2c(c1)CCC2=O)C(=O)O. The van der Waals surface area contributed by atoms with Crippen molar-refractivity contribution >= 4 is 11.8 Å². The highest BCUT2D eigenvalue weighted by molar-refractivity contribution is 6.00. The smallest absolute Gasteiger partial charge is 0.312 e. The van der Waals surface area contributed by atoms with Crippen LogP contribution in [0.3, 0.4) is 0 Å². The molecule has 1 aromatic carbocycles. The number of ether oxygens (including phenoxy) is 1. The third-order valence-electron chi connectivity index (χ3n) is 3.18. The van der Waals surface area contributed by atoms with Crippen molar-refractivity contribution in [2.45, 2.75) is 26.7 Å². The molecule has 0 heterocycles. The number of aliphatic carboxylic acids is 1. The van der Waals surface area contributed by atoms with Crippen LogP contribution in [-0.4, -0.2) is 23.5 Å². The van der Waals surface area contributed by atoms with E-state index in [9.17, 15) is 9.59 Å². The average Bonchev–Trinajstić information content (AvgIpc) is 2.68. The van der Waals surface area contributed by atoms with E-state index in [-0.39, 0.29) is 12.4 Å². The largest absolute Gasteiger partial charge is 0.492 e. The van der Waals surface area contributed by atoms with Gasteiger partial charge in [0, 0.05) is 12.0 Å². The summed E-state index contributed by atoms with van der Waals surface area (Å²) < 4.78 is 5.50. The molecule has 1 aromatic rings. The monoisotopic (exact) mass is 248 g/mol. The molecule has 0 atom stereocenters. The van der Waals surface area contributed by atoms with Crippen LogP contribution >= 0.6 is 0 Å². The van der Waals surface area contributed by atoms with Gasteiger partial charge in [-0.1, -0.05) is 0 Å². The first-order valence-electron chi connectivity index (χ1n) is 5.92.